The molecule has 0 unspecified atom stereocenters. The standard InChI is InChI=1S/C13H18N3O5S.Y/c1-8(17)14-10-6-5-9(7-11(10)18)15-12(19)13(2,3)16-22(4,20)21;/h6-7,16,18H,1-4H3,(H,14,17)(H,15,19);/q-1;. The van der Waals surface area contributed by atoms with Crippen LogP contribution in [-0.4, -0.2) is 37.1 Å². The number of hydrogen-bond donors (Lipinski definition) is 4. The minimum Gasteiger partial charge on any atom is -0.531 e. The average molecular weight is 417 g/mol. The van der Waals surface area contributed by atoms with E-state index < -0.39 is 21.5 Å². The second-order valence-electron chi connectivity index (χ2n) is 5.28. The Bertz CT molecular complexity index is 704. The molecule has 0 saturated carbocycles. The smallest absolute Gasteiger partial charge is 0.243 e. The third-order valence-corrected chi connectivity index (χ3v) is 3.38. The number of carbonyl (C=O) groups is 2. The number of anilines is 2. The molecule has 2 amide bonds. The summed E-state index contributed by atoms with van der Waals surface area (Å²) in [6, 6.07) is 5.15. The molecule has 23 heavy (non-hydrogen) atoms. The van der Waals surface area contributed by atoms with Crippen molar-refractivity contribution in [2.75, 3.05) is 16.9 Å². The van der Waals surface area contributed by atoms with Gasteiger partial charge in [0.25, 0.3) is 0 Å². The molecule has 0 saturated heterocycles. The van der Waals surface area contributed by atoms with Crippen LogP contribution < -0.4 is 15.4 Å². The number of hydrogen-bond acceptors (Lipinski definition) is 5. The van der Waals surface area contributed by atoms with Crippen molar-refractivity contribution in [3.05, 3.63) is 18.2 Å². The van der Waals surface area contributed by atoms with Crippen molar-refractivity contribution in [2.24, 2.45) is 0 Å². The van der Waals surface area contributed by atoms with Crippen molar-refractivity contribution in [3.8, 4) is 5.75 Å². The molecule has 0 spiro atoms. The molecular formula is C13H18N3O5SY-. The molecule has 0 aliphatic heterocycles. The molecule has 10 heteroatoms. The maximum Gasteiger partial charge on any atom is 0.243 e. The molecule has 1 aromatic carbocycles. The van der Waals surface area contributed by atoms with Crippen molar-refractivity contribution in [2.45, 2.75) is 26.3 Å². The topological polar surface area (TPSA) is 125 Å². The summed E-state index contributed by atoms with van der Waals surface area (Å²) >= 11 is 0. The van der Waals surface area contributed by atoms with Crippen LogP contribution in [0.5, 0.6) is 5.75 Å². The Labute approximate surface area is 160 Å². The first-order valence-corrected chi connectivity index (χ1v) is 8.12. The van der Waals surface area contributed by atoms with Gasteiger partial charge in [-0.15, -0.1) is 12.1 Å². The van der Waals surface area contributed by atoms with Crippen LogP contribution in [0.2, 0.25) is 0 Å². The molecule has 0 aromatic heterocycles. The molecule has 1 radical (unpaired) electrons. The Morgan fingerprint density at radius 2 is 1.83 bits per heavy atom. The van der Waals surface area contributed by atoms with E-state index in [1.165, 1.54) is 32.9 Å². The molecule has 0 aliphatic rings. The molecule has 0 atom stereocenters. The summed E-state index contributed by atoms with van der Waals surface area (Å²) < 4.78 is 24.6. The van der Waals surface area contributed by atoms with E-state index in [-0.39, 0.29) is 55.7 Å². The normalized spacial score (nSPS) is 11.3. The van der Waals surface area contributed by atoms with Crippen LogP contribution in [0.4, 0.5) is 11.4 Å². The van der Waals surface area contributed by atoms with Crippen LogP contribution >= 0.6 is 0 Å². The first-order chi connectivity index (χ1) is 9.90. The van der Waals surface area contributed by atoms with E-state index in [1.54, 1.807) is 0 Å². The van der Waals surface area contributed by atoms with Crippen LogP contribution in [0.15, 0.2) is 12.1 Å². The zero-order chi connectivity index (χ0) is 17.1. The van der Waals surface area contributed by atoms with E-state index >= 15 is 0 Å². The van der Waals surface area contributed by atoms with Gasteiger partial charge in [0.2, 0.25) is 21.8 Å². The predicted octanol–water partition coefficient (Wildman–Crippen LogP) is 0.415. The van der Waals surface area contributed by atoms with Crippen molar-refractivity contribution < 1.29 is 55.8 Å². The fourth-order valence-electron chi connectivity index (χ4n) is 1.63. The summed E-state index contributed by atoms with van der Waals surface area (Å²) in [5.41, 5.74) is -1.09. The third-order valence-electron chi connectivity index (χ3n) is 2.50. The number of amides is 2. The number of rotatable bonds is 5. The summed E-state index contributed by atoms with van der Waals surface area (Å²) in [7, 11) is -3.57. The predicted molar refractivity (Wildman–Crippen MR) is 81.9 cm³/mol. The van der Waals surface area contributed by atoms with Gasteiger partial charge in [0, 0.05) is 45.4 Å². The van der Waals surface area contributed by atoms with E-state index in [0.29, 0.717) is 0 Å². The maximum absolute atomic E-state index is 12.1. The minimum absolute atomic E-state index is 0. The number of carbonyl (C=O) groups excluding carboxylic acids is 2. The Kier molecular flexibility index (Phi) is 7.82. The molecule has 0 fully saturated rings. The summed E-state index contributed by atoms with van der Waals surface area (Å²) in [6.45, 7) is 4.08. The largest absolute Gasteiger partial charge is 0.531 e. The molecule has 125 valence electrons. The summed E-state index contributed by atoms with van der Waals surface area (Å²) in [5, 5.41) is 14.6. The monoisotopic (exact) mass is 417 g/mol. The molecule has 1 aromatic rings. The summed E-state index contributed by atoms with van der Waals surface area (Å²) in [5.74, 6) is -1.24. The van der Waals surface area contributed by atoms with Crippen LogP contribution in [0, 0.1) is 6.07 Å². The molecule has 0 heterocycles. The average Bonchev–Trinajstić information content (AvgIpc) is 2.29. The van der Waals surface area contributed by atoms with E-state index in [0.717, 1.165) is 6.26 Å². The van der Waals surface area contributed by atoms with Crippen LogP contribution in [0.3, 0.4) is 0 Å². The Balaban J connectivity index is 0.00000484. The third kappa shape index (κ3) is 7.39. The van der Waals surface area contributed by atoms with E-state index in [1.807, 2.05) is 0 Å². The molecule has 1 rings (SSSR count). The number of sulfonamides is 1. The number of phenolic OH excluding ortho intramolecular Hbond substituents is 1. The maximum atomic E-state index is 12.1. The van der Waals surface area contributed by atoms with E-state index in [9.17, 15) is 23.1 Å². The first-order valence-electron chi connectivity index (χ1n) is 6.23. The van der Waals surface area contributed by atoms with Gasteiger partial charge in [0.15, 0.2) is 0 Å². The zero-order valence-corrected chi connectivity index (χ0v) is 16.9. The minimum atomic E-state index is -3.57. The zero-order valence-electron chi connectivity index (χ0n) is 13.2. The van der Waals surface area contributed by atoms with Gasteiger partial charge >= 0.3 is 0 Å². The van der Waals surface area contributed by atoms with Crippen LogP contribution in [0.1, 0.15) is 20.8 Å². The molecule has 0 bridgehead atoms. The van der Waals surface area contributed by atoms with Gasteiger partial charge in [-0.1, -0.05) is 5.69 Å². The van der Waals surface area contributed by atoms with Gasteiger partial charge in [-0.05, 0) is 19.5 Å². The quantitative estimate of drug-likeness (QED) is 0.408. The van der Waals surface area contributed by atoms with Crippen molar-refractivity contribution in [3.63, 3.8) is 0 Å². The first kappa shape index (κ1) is 22.0. The van der Waals surface area contributed by atoms with Gasteiger partial charge in [0.05, 0.1) is 6.26 Å². The summed E-state index contributed by atoms with van der Waals surface area (Å²) in [4.78, 5) is 23.0. The van der Waals surface area contributed by atoms with Crippen molar-refractivity contribution >= 4 is 33.2 Å². The molecule has 4 N–H and O–H groups in total. The van der Waals surface area contributed by atoms with Gasteiger partial charge in [-0.2, -0.15) is 6.07 Å². The second kappa shape index (κ2) is 8.18. The van der Waals surface area contributed by atoms with Crippen molar-refractivity contribution in [1.82, 2.24) is 4.72 Å². The van der Waals surface area contributed by atoms with E-state index in [2.05, 4.69) is 21.4 Å². The number of nitrogens with one attached hydrogen (secondary N) is 3. The van der Waals surface area contributed by atoms with Crippen LogP contribution in [0.25, 0.3) is 0 Å². The van der Waals surface area contributed by atoms with Gasteiger partial charge in [-0.3, -0.25) is 9.59 Å². The van der Waals surface area contributed by atoms with Crippen LogP contribution in [-0.2, 0) is 52.3 Å². The fraction of sp³-hybridized carbons (Fsp3) is 0.385. The Hall–Kier alpha value is -1.03. The molecule has 0 aliphatic carbocycles. The van der Waals surface area contributed by atoms with Crippen molar-refractivity contribution in [1.29, 1.82) is 0 Å². The number of aromatic hydroxyl groups is 1. The fourth-order valence-corrected chi connectivity index (χ4v) is 2.65. The van der Waals surface area contributed by atoms with Gasteiger partial charge in [0.1, 0.15) is 5.54 Å². The van der Waals surface area contributed by atoms with E-state index in [4.69, 9.17) is 0 Å². The van der Waals surface area contributed by atoms with Gasteiger partial charge < -0.3 is 15.7 Å². The SMILES string of the molecule is CC(=O)Nc1c[c-]c(NC(=O)C(C)(C)NS(C)(=O)=O)cc1O.[Y]. The van der Waals surface area contributed by atoms with Gasteiger partial charge in [-0.25, -0.2) is 13.1 Å². The number of benzene rings is 1. The molecule has 8 nitrogen and oxygen atoms in total. The summed E-state index contributed by atoms with van der Waals surface area (Å²) in [6.07, 6.45) is 0.947. The number of phenols is 1. The second-order valence-corrected chi connectivity index (χ2v) is 7.03. The Morgan fingerprint density at radius 1 is 1.26 bits per heavy atom. The molecular weight excluding hydrogens is 399 g/mol. The Morgan fingerprint density at radius 3 is 2.26 bits per heavy atom.